The molecule has 1 atom stereocenters. The molecule has 0 unspecified atom stereocenters. The predicted molar refractivity (Wildman–Crippen MR) is 77.7 cm³/mol. The molecule has 0 aliphatic rings. The number of benzene rings is 2. The van der Waals surface area contributed by atoms with Crippen molar-refractivity contribution in [1.82, 2.24) is 0 Å². The second-order valence-corrected chi connectivity index (χ2v) is 4.51. The van der Waals surface area contributed by atoms with Crippen LogP contribution in [0.15, 0.2) is 54.6 Å². The molecule has 0 N–H and O–H groups in total. The molecule has 110 valence electrons. The zero-order valence-electron chi connectivity index (χ0n) is 11.5. The number of non-ortho nitro benzene ring substituents is 1. The molecule has 0 amide bonds. The molecule has 6 heteroatoms. The average molecular weight is 296 g/mol. The summed E-state index contributed by atoms with van der Waals surface area (Å²) in [6, 6.07) is 16.3. The van der Waals surface area contributed by atoms with E-state index in [0.717, 1.165) is 0 Å². The van der Waals surface area contributed by atoms with Gasteiger partial charge in [-0.1, -0.05) is 42.5 Å². The molecule has 0 aromatic heterocycles. The normalized spacial score (nSPS) is 11.2. The lowest BCUT2D eigenvalue weighted by Crippen LogP contribution is -2.12. The fourth-order valence-electron chi connectivity index (χ4n) is 1.87. The largest absolute Gasteiger partial charge is 0.442 e. The monoisotopic (exact) mass is 296 g/mol. The first-order valence-corrected chi connectivity index (χ1v) is 6.47. The zero-order valence-corrected chi connectivity index (χ0v) is 11.5. The lowest BCUT2D eigenvalue weighted by molar-refractivity contribution is -0.384. The fourth-order valence-corrected chi connectivity index (χ4v) is 1.87. The average Bonchev–Trinajstić information content (AvgIpc) is 2.54. The first kappa shape index (κ1) is 15.2. The van der Waals surface area contributed by atoms with Crippen molar-refractivity contribution in [1.29, 1.82) is 5.26 Å². The molecule has 0 saturated heterocycles. The molecule has 22 heavy (non-hydrogen) atoms. The Kier molecular flexibility index (Phi) is 4.83. The molecule has 0 spiro atoms. The lowest BCUT2D eigenvalue weighted by atomic mass is 10.1. The molecule has 2 aromatic rings. The number of carbonyl (C=O) groups is 1. The molecule has 0 fully saturated rings. The number of nitrogens with zero attached hydrogens (tertiary/aromatic N) is 2. The number of rotatable bonds is 5. The van der Waals surface area contributed by atoms with Crippen molar-refractivity contribution in [2.75, 3.05) is 0 Å². The van der Waals surface area contributed by atoms with E-state index >= 15 is 0 Å². The van der Waals surface area contributed by atoms with E-state index in [9.17, 15) is 14.9 Å². The van der Waals surface area contributed by atoms with Crippen LogP contribution in [0.2, 0.25) is 0 Å². The Balaban J connectivity index is 2.00. The summed E-state index contributed by atoms with van der Waals surface area (Å²) in [5, 5.41) is 19.6. The van der Waals surface area contributed by atoms with Gasteiger partial charge in [-0.2, -0.15) is 5.26 Å². The van der Waals surface area contributed by atoms with Crippen LogP contribution in [0.1, 0.15) is 17.2 Å². The minimum atomic E-state index is -0.966. The number of esters is 1. The van der Waals surface area contributed by atoms with Crippen LogP contribution in [0, 0.1) is 21.4 Å². The van der Waals surface area contributed by atoms with Gasteiger partial charge >= 0.3 is 5.97 Å². The molecule has 0 radical (unpaired) electrons. The minimum absolute atomic E-state index is 0.0451. The first-order valence-electron chi connectivity index (χ1n) is 6.47. The van der Waals surface area contributed by atoms with E-state index in [1.807, 2.05) is 6.07 Å². The Labute approximate surface area is 126 Å². The SMILES string of the molecule is N#C[C@@H](OC(=O)Cc1ccc([N+](=O)[O-])cc1)c1ccccc1. The lowest BCUT2D eigenvalue weighted by Gasteiger charge is -2.11. The summed E-state index contributed by atoms with van der Waals surface area (Å²) in [5.41, 5.74) is 1.14. The van der Waals surface area contributed by atoms with Crippen LogP contribution in [0.4, 0.5) is 5.69 Å². The van der Waals surface area contributed by atoms with Crippen LogP contribution in [0.5, 0.6) is 0 Å². The maximum Gasteiger partial charge on any atom is 0.311 e. The Morgan fingerprint density at radius 3 is 2.36 bits per heavy atom. The van der Waals surface area contributed by atoms with Crippen molar-refractivity contribution in [3.63, 3.8) is 0 Å². The van der Waals surface area contributed by atoms with Gasteiger partial charge in [-0.15, -0.1) is 0 Å². The van der Waals surface area contributed by atoms with Gasteiger partial charge in [-0.25, -0.2) is 0 Å². The third-order valence-electron chi connectivity index (χ3n) is 2.96. The summed E-state index contributed by atoms with van der Waals surface area (Å²) < 4.78 is 5.13. The van der Waals surface area contributed by atoms with Crippen molar-refractivity contribution in [3.05, 3.63) is 75.8 Å². The second-order valence-electron chi connectivity index (χ2n) is 4.51. The molecular formula is C16H12N2O4. The number of ether oxygens (including phenoxy) is 1. The van der Waals surface area contributed by atoms with E-state index in [1.165, 1.54) is 24.3 Å². The van der Waals surface area contributed by atoms with Crippen molar-refractivity contribution in [3.8, 4) is 6.07 Å². The second kappa shape index (κ2) is 6.99. The van der Waals surface area contributed by atoms with E-state index in [4.69, 9.17) is 10.00 Å². The van der Waals surface area contributed by atoms with Gasteiger partial charge in [0.05, 0.1) is 11.3 Å². The maximum absolute atomic E-state index is 11.9. The summed E-state index contributed by atoms with van der Waals surface area (Å²) in [4.78, 5) is 21.9. The molecular weight excluding hydrogens is 284 g/mol. The third-order valence-corrected chi connectivity index (χ3v) is 2.96. The predicted octanol–water partition coefficient (Wildman–Crippen LogP) is 2.95. The van der Waals surface area contributed by atoms with Crippen molar-refractivity contribution in [2.24, 2.45) is 0 Å². The highest BCUT2D eigenvalue weighted by Gasteiger charge is 2.16. The summed E-state index contributed by atoms with van der Waals surface area (Å²) >= 11 is 0. The van der Waals surface area contributed by atoms with Crippen molar-refractivity contribution >= 4 is 11.7 Å². The van der Waals surface area contributed by atoms with E-state index < -0.39 is 17.0 Å². The van der Waals surface area contributed by atoms with Gasteiger partial charge < -0.3 is 4.74 Å². The fraction of sp³-hybridized carbons (Fsp3) is 0.125. The van der Waals surface area contributed by atoms with Crippen molar-refractivity contribution in [2.45, 2.75) is 12.5 Å². The van der Waals surface area contributed by atoms with E-state index in [0.29, 0.717) is 11.1 Å². The molecule has 0 saturated carbocycles. The van der Waals surface area contributed by atoms with Gasteiger partial charge in [0.25, 0.3) is 5.69 Å². The highest BCUT2D eigenvalue weighted by Crippen LogP contribution is 2.18. The maximum atomic E-state index is 11.9. The number of hydrogen-bond donors (Lipinski definition) is 0. The topological polar surface area (TPSA) is 93.2 Å². The molecule has 2 rings (SSSR count). The van der Waals surface area contributed by atoms with Gasteiger partial charge in [0.2, 0.25) is 6.10 Å². The number of hydrogen-bond acceptors (Lipinski definition) is 5. The highest BCUT2D eigenvalue weighted by molar-refractivity contribution is 5.73. The zero-order chi connectivity index (χ0) is 15.9. The number of carbonyl (C=O) groups excluding carboxylic acids is 1. The van der Waals surface area contributed by atoms with Gasteiger partial charge in [0.15, 0.2) is 0 Å². The van der Waals surface area contributed by atoms with Gasteiger partial charge in [0, 0.05) is 17.7 Å². The van der Waals surface area contributed by atoms with Crippen LogP contribution in [0.25, 0.3) is 0 Å². The Bertz CT molecular complexity index is 705. The quantitative estimate of drug-likeness (QED) is 0.480. The van der Waals surface area contributed by atoms with Crippen LogP contribution < -0.4 is 0 Å². The Morgan fingerprint density at radius 1 is 1.18 bits per heavy atom. The van der Waals surface area contributed by atoms with E-state index in [-0.39, 0.29) is 12.1 Å². The molecule has 0 heterocycles. The highest BCUT2D eigenvalue weighted by atomic mass is 16.6. The van der Waals surface area contributed by atoms with Gasteiger partial charge in [-0.3, -0.25) is 14.9 Å². The van der Waals surface area contributed by atoms with Crippen LogP contribution in [-0.4, -0.2) is 10.9 Å². The summed E-state index contributed by atoms with van der Waals surface area (Å²) in [6.07, 6.45) is -1.02. The summed E-state index contributed by atoms with van der Waals surface area (Å²) in [6.45, 7) is 0. The van der Waals surface area contributed by atoms with Gasteiger partial charge in [0.1, 0.15) is 6.07 Å². The van der Waals surface area contributed by atoms with Crippen LogP contribution in [-0.2, 0) is 16.0 Å². The van der Waals surface area contributed by atoms with Crippen LogP contribution in [0.3, 0.4) is 0 Å². The smallest absolute Gasteiger partial charge is 0.311 e. The van der Waals surface area contributed by atoms with E-state index in [2.05, 4.69) is 0 Å². The van der Waals surface area contributed by atoms with Crippen molar-refractivity contribution < 1.29 is 14.5 Å². The Morgan fingerprint density at radius 2 is 1.82 bits per heavy atom. The standard InChI is InChI=1S/C16H12N2O4/c17-11-15(13-4-2-1-3-5-13)22-16(19)10-12-6-8-14(9-7-12)18(20)21/h1-9,15H,10H2/t15-/m1/s1. The summed E-state index contributed by atoms with van der Waals surface area (Å²) in [5.74, 6) is -0.566. The Hall–Kier alpha value is -3.20. The number of nitriles is 1. The van der Waals surface area contributed by atoms with Crippen LogP contribution >= 0.6 is 0 Å². The first-order chi connectivity index (χ1) is 10.6. The van der Waals surface area contributed by atoms with E-state index in [1.54, 1.807) is 30.3 Å². The molecule has 0 bridgehead atoms. The third kappa shape index (κ3) is 3.90. The molecule has 0 aliphatic heterocycles. The molecule has 2 aromatic carbocycles. The minimum Gasteiger partial charge on any atom is -0.442 e. The molecule has 6 nitrogen and oxygen atoms in total. The number of nitro benzene ring substituents is 1. The molecule has 0 aliphatic carbocycles. The van der Waals surface area contributed by atoms with Gasteiger partial charge in [-0.05, 0) is 5.56 Å². The summed E-state index contributed by atoms with van der Waals surface area (Å²) in [7, 11) is 0. The number of nitro groups is 1.